The lowest BCUT2D eigenvalue weighted by Crippen LogP contribution is -2.21. The molecule has 0 bridgehead atoms. The first kappa shape index (κ1) is 24.5. The summed E-state index contributed by atoms with van der Waals surface area (Å²) < 4.78 is 22.5. The van der Waals surface area contributed by atoms with Crippen molar-refractivity contribution in [2.75, 3.05) is 7.11 Å². The van der Waals surface area contributed by atoms with E-state index in [9.17, 15) is 10.1 Å². The zero-order valence-corrected chi connectivity index (χ0v) is 20.6. The number of rotatable bonds is 7. The lowest BCUT2D eigenvalue weighted by molar-refractivity contribution is 0.0734. The second-order valence-electron chi connectivity index (χ2n) is 8.59. The van der Waals surface area contributed by atoms with Gasteiger partial charge in [0.15, 0.2) is 0 Å². The molecule has 0 aromatic heterocycles. The lowest BCUT2D eigenvalue weighted by Gasteiger charge is -2.27. The summed E-state index contributed by atoms with van der Waals surface area (Å²) in [5.41, 5.74) is 9.42. The van der Waals surface area contributed by atoms with Gasteiger partial charge in [0.05, 0.1) is 18.6 Å². The highest BCUT2D eigenvalue weighted by Crippen LogP contribution is 2.44. The summed E-state index contributed by atoms with van der Waals surface area (Å²) in [4.78, 5) is 12.6. The quantitative estimate of drug-likeness (QED) is 0.254. The van der Waals surface area contributed by atoms with Crippen molar-refractivity contribution in [3.05, 3.63) is 131 Å². The number of nitriles is 1. The van der Waals surface area contributed by atoms with E-state index in [4.69, 9.17) is 24.7 Å². The van der Waals surface area contributed by atoms with Crippen LogP contribution in [0.1, 0.15) is 33.0 Å². The molecule has 188 valence electrons. The van der Waals surface area contributed by atoms with E-state index >= 15 is 0 Å². The second-order valence-corrected chi connectivity index (χ2v) is 8.59. The molecule has 1 aliphatic heterocycles. The fraction of sp³-hybridized carbons (Fsp3) is 0.0968. The normalized spacial score (nSPS) is 14.1. The first-order valence-corrected chi connectivity index (χ1v) is 11.9. The van der Waals surface area contributed by atoms with Crippen molar-refractivity contribution < 1.29 is 23.7 Å². The average Bonchev–Trinajstić information content (AvgIpc) is 2.96. The standard InChI is InChI=1S/C31H24N2O5/c1-35-23-12-10-21(11-13-23)31(34)37-25-14-15-26-28(17-25)38-30(33)27(18-32)29(26)22-8-5-9-24(16-22)36-19-20-6-3-2-4-7-20/h2-17,29H,19,33H2,1H3. The van der Waals surface area contributed by atoms with Crippen LogP contribution in [-0.4, -0.2) is 13.1 Å². The number of esters is 1. The maximum Gasteiger partial charge on any atom is 0.343 e. The average molecular weight is 505 g/mol. The van der Waals surface area contributed by atoms with Gasteiger partial charge in [0.1, 0.15) is 41.2 Å². The third-order valence-electron chi connectivity index (χ3n) is 6.17. The van der Waals surface area contributed by atoms with Crippen LogP contribution >= 0.6 is 0 Å². The van der Waals surface area contributed by atoms with Crippen LogP contribution in [-0.2, 0) is 6.61 Å². The number of nitrogens with zero attached hydrogens (tertiary/aromatic N) is 1. The van der Waals surface area contributed by atoms with Crippen molar-refractivity contribution in [2.45, 2.75) is 12.5 Å². The molecule has 0 aliphatic carbocycles. The Morgan fingerprint density at radius 1 is 0.921 bits per heavy atom. The predicted molar refractivity (Wildman–Crippen MR) is 141 cm³/mol. The lowest BCUT2D eigenvalue weighted by atomic mass is 9.83. The highest BCUT2D eigenvalue weighted by atomic mass is 16.5. The summed E-state index contributed by atoms with van der Waals surface area (Å²) >= 11 is 0. The van der Waals surface area contributed by atoms with Crippen molar-refractivity contribution in [1.82, 2.24) is 0 Å². The smallest absolute Gasteiger partial charge is 0.343 e. The number of ether oxygens (including phenoxy) is 4. The number of methoxy groups -OCH3 is 1. The van der Waals surface area contributed by atoms with Crippen molar-refractivity contribution >= 4 is 5.97 Å². The summed E-state index contributed by atoms with van der Waals surface area (Å²) in [5.74, 6) is 0.998. The number of carbonyl (C=O) groups is 1. The van der Waals surface area contributed by atoms with Crippen LogP contribution in [0.2, 0.25) is 0 Å². The molecular formula is C31H24N2O5. The molecular weight excluding hydrogens is 480 g/mol. The van der Waals surface area contributed by atoms with Crippen LogP contribution in [0.25, 0.3) is 0 Å². The number of hydrogen-bond acceptors (Lipinski definition) is 7. The molecule has 0 fully saturated rings. The summed E-state index contributed by atoms with van der Waals surface area (Å²) in [6, 6.07) is 31.3. The van der Waals surface area contributed by atoms with Crippen LogP contribution in [0.3, 0.4) is 0 Å². The number of benzene rings is 4. The number of allylic oxidation sites excluding steroid dienone is 1. The molecule has 4 aromatic rings. The Bertz CT molecular complexity index is 1540. The molecule has 1 aliphatic rings. The van der Waals surface area contributed by atoms with Gasteiger partial charge in [-0.3, -0.25) is 0 Å². The topological polar surface area (TPSA) is 104 Å². The fourth-order valence-electron chi connectivity index (χ4n) is 4.26. The van der Waals surface area contributed by atoms with Crippen LogP contribution < -0.4 is 24.7 Å². The van der Waals surface area contributed by atoms with Gasteiger partial charge < -0.3 is 24.7 Å². The molecule has 5 rings (SSSR count). The summed E-state index contributed by atoms with van der Waals surface area (Å²) in [5, 5.41) is 9.90. The highest BCUT2D eigenvalue weighted by Gasteiger charge is 2.31. The van der Waals surface area contributed by atoms with Crippen LogP contribution in [0.15, 0.2) is 109 Å². The van der Waals surface area contributed by atoms with Gasteiger partial charge in [-0.1, -0.05) is 48.5 Å². The molecule has 0 spiro atoms. The Hall–Kier alpha value is -5.22. The third-order valence-corrected chi connectivity index (χ3v) is 6.17. The van der Waals surface area contributed by atoms with Gasteiger partial charge in [-0.05, 0) is 53.6 Å². The van der Waals surface area contributed by atoms with Gasteiger partial charge in [-0.2, -0.15) is 5.26 Å². The van der Waals surface area contributed by atoms with E-state index < -0.39 is 11.9 Å². The fourth-order valence-corrected chi connectivity index (χ4v) is 4.26. The molecule has 1 atom stereocenters. The third kappa shape index (κ3) is 5.15. The SMILES string of the molecule is COc1ccc(C(=O)Oc2ccc3c(c2)OC(N)=C(C#N)C3c2cccc(OCc3ccccc3)c2)cc1. The Kier molecular flexibility index (Phi) is 6.96. The molecule has 2 N–H and O–H groups in total. The van der Waals surface area contributed by atoms with Gasteiger partial charge in [-0.25, -0.2) is 4.79 Å². The molecule has 4 aromatic carbocycles. The minimum Gasteiger partial charge on any atom is -0.497 e. The minimum absolute atomic E-state index is 0.000706. The predicted octanol–water partition coefficient (Wildman–Crippen LogP) is 5.71. The molecule has 1 heterocycles. The molecule has 0 amide bonds. The Morgan fingerprint density at radius 3 is 2.42 bits per heavy atom. The molecule has 1 unspecified atom stereocenters. The number of fused-ring (bicyclic) bond motifs is 1. The monoisotopic (exact) mass is 504 g/mol. The molecule has 0 saturated carbocycles. The second kappa shape index (κ2) is 10.8. The largest absolute Gasteiger partial charge is 0.497 e. The van der Waals surface area contributed by atoms with E-state index in [1.165, 1.54) is 0 Å². The molecule has 0 radical (unpaired) electrons. The summed E-state index contributed by atoms with van der Waals surface area (Å²) in [6.07, 6.45) is 0. The van der Waals surface area contributed by atoms with Crippen molar-refractivity contribution in [3.63, 3.8) is 0 Å². The number of nitrogens with two attached hydrogens (primary N) is 1. The van der Waals surface area contributed by atoms with Gasteiger partial charge >= 0.3 is 5.97 Å². The van der Waals surface area contributed by atoms with Crippen LogP contribution in [0.4, 0.5) is 0 Å². The number of carbonyl (C=O) groups excluding carboxylic acids is 1. The maximum absolute atomic E-state index is 12.6. The molecule has 0 saturated heterocycles. The molecule has 38 heavy (non-hydrogen) atoms. The van der Waals surface area contributed by atoms with E-state index in [0.717, 1.165) is 16.7 Å². The minimum atomic E-state index is -0.524. The van der Waals surface area contributed by atoms with Crippen molar-refractivity contribution in [3.8, 4) is 29.1 Å². The van der Waals surface area contributed by atoms with Crippen LogP contribution in [0.5, 0.6) is 23.0 Å². The first-order chi connectivity index (χ1) is 18.6. The Balaban J connectivity index is 1.41. The van der Waals surface area contributed by atoms with E-state index in [2.05, 4.69) is 6.07 Å². The zero-order valence-electron chi connectivity index (χ0n) is 20.6. The molecule has 7 heteroatoms. The summed E-state index contributed by atoms with van der Waals surface area (Å²) in [7, 11) is 1.56. The van der Waals surface area contributed by atoms with E-state index in [1.54, 1.807) is 49.6 Å². The van der Waals surface area contributed by atoms with Gasteiger partial charge in [0.2, 0.25) is 5.88 Å². The van der Waals surface area contributed by atoms with E-state index in [0.29, 0.717) is 35.0 Å². The zero-order chi connectivity index (χ0) is 26.5. The Morgan fingerprint density at radius 2 is 1.68 bits per heavy atom. The molecule has 7 nitrogen and oxygen atoms in total. The number of hydrogen-bond donors (Lipinski definition) is 1. The van der Waals surface area contributed by atoms with Crippen LogP contribution in [0, 0.1) is 11.3 Å². The van der Waals surface area contributed by atoms with Gasteiger partial charge in [0.25, 0.3) is 0 Å². The van der Waals surface area contributed by atoms with Gasteiger partial charge in [0, 0.05) is 11.6 Å². The Labute approximate surface area is 220 Å². The van der Waals surface area contributed by atoms with Gasteiger partial charge in [-0.15, -0.1) is 0 Å². The first-order valence-electron chi connectivity index (χ1n) is 11.9. The van der Waals surface area contributed by atoms with Crippen molar-refractivity contribution in [2.24, 2.45) is 5.73 Å². The summed E-state index contributed by atoms with van der Waals surface area (Å²) in [6.45, 7) is 0.417. The van der Waals surface area contributed by atoms with E-state index in [1.807, 2.05) is 54.6 Å². The van der Waals surface area contributed by atoms with Crippen molar-refractivity contribution in [1.29, 1.82) is 5.26 Å². The van der Waals surface area contributed by atoms with E-state index in [-0.39, 0.29) is 11.6 Å². The highest BCUT2D eigenvalue weighted by molar-refractivity contribution is 5.91. The maximum atomic E-state index is 12.6.